The molecule has 0 amide bonds. The number of hydrogen-bond donors (Lipinski definition) is 0. The highest BCUT2D eigenvalue weighted by Crippen LogP contribution is 2.52. The number of sulfone groups is 1. The lowest BCUT2D eigenvalue weighted by Crippen LogP contribution is -2.56. The van der Waals surface area contributed by atoms with E-state index < -0.39 is 40.3 Å². The molecule has 0 saturated heterocycles. The molecule has 1 rings (SSSR count). The third-order valence-corrected chi connectivity index (χ3v) is 8.61. The largest absolute Gasteiger partial charge is 0.461 e. The van der Waals surface area contributed by atoms with Crippen molar-refractivity contribution >= 4 is 64.3 Å². The Bertz CT molecular complexity index is 685. The molecule has 13 heteroatoms. The van der Waals surface area contributed by atoms with Crippen molar-refractivity contribution in [1.82, 2.24) is 0 Å². The van der Waals surface area contributed by atoms with Crippen LogP contribution in [-0.2, 0) is 9.84 Å². The van der Waals surface area contributed by atoms with E-state index in [1.165, 1.54) is 0 Å². The van der Waals surface area contributed by atoms with Crippen molar-refractivity contribution in [1.29, 1.82) is 0 Å². The predicted octanol–water partition coefficient (Wildman–Crippen LogP) is 5.72. The molecule has 24 heavy (non-hydrogen) atoms. The van der Waals surface area contributed by atoms with Crippen LogP contribution in [0.4, 0.5) is 30.7 Å². The van der Waals surface area contributed by atoms with Crippen molar-refractivity contribution in [3.05, 3.63) is 21.5 Å². The van der Waals surface area contributed by atoms with Crippen LogP contribution in [0, 0.1) is 0 Å². The summed E-state index contributed by atoms with van der Waals surface area (Å²) in [5.41, 5.74) is 0. The summed E-state index contributed by atoms with van der Waals surface area (Å²) in [6.07, 6.45) is -5.34. The Labute approximate surface area is 163 Å². The first kappa shape index (κ1) is 22.7. The Hall–Kier alpha value is 0.630. The first-order valence-electron chi connectivity index (χ1n) is 5.89. The third-order valence-electron chi connectivity index (χ3n) is 3.15. The van der Waals surface area contributed by atoms with Gasteiger partial charge in [0.25, 0.3) is 0 Å². The SMILES string of the molecule is CC(I)C1(Br)C=C(S(=O)(=O)C(F)(F)C(F)(F)C(F)(F)F)C=C(Br)C1. The third kappa shape index (κ3) is 3.68. The van der Waals surface area contributed by atoms with Crippen molar-refractivity contribution in [3.63, 3.8) is 0 Å². The van der Waals surface area contributed by atoms with Crippen LogP contribution in [0.1, 0.15) is 13.3 Å². The van der Waals surface area contributed by atoms with Crippen LogP contribution in [-0.4, -0.2) is 34.0 Å². The summed E-state index contributed by atoms with van der Waals surface area (Å²) in [5, 5.41) is -6.37. The molecular formula is C11H8Br2F7IO2S. The Morgan fingerprint density at radius 1 is 1.21 bits per heavy atom. The van der Waals surface area contributed by atoms with Gasteiger partial charge in [0.1, 0.15) is 0 Å². The monoisotopic (exact) mass is 622 g/mol. The summed E-state index contributed by atoms with van der Waals surface area (Å²) in [7, 11) is -6.32. The van der Waals surface area contributed by atoms with Gasteiger partial charge in [-0.1, -0.05) is 61.4 Å². The van der Waals surface area contributed by atoms with Crippen LogP contribution >= 0.6 is 54.5 Å². The van der Waals surface area contributed by atoms with E-state index in [9.17, 15) is 39.2 Å². The number of alkyl halides is 9. The van der Waals surface area contributed by atoms with Crippen molar-refractivity contribution in [2.45, 2.75) is 38.9 Å². The fourth-order valence-electron chi connectivity index (χ4n) is 1.69. The van der Waals surface area contributed by atoms with Crippen LogP contribution in [0.3, 0.4) is 0 Å². The van der Waals surface area contributed by atoms with E-state index >= 15 is 0 Å². The number of halogens is 10. The molecule has 0 aromatic carbocycles. The van der Waals surface area contributed by atoms with Gasteiger partial charge in [0.05, 0.1) is 9.23 Å². The topological polar surface area (TPSA) is 34.1 Å². The molecule has 2 nitrogen and oxygen atoms in total. The lowest BCUT2D eigenvalue weighted by atomic mass is 9.98. The molecule has 0 heterocycles. The van der Waals surface area contributed by atoms with Gasteiger partial charge in [0.15, 0.2) is 0 Å². The summed E-state index contributed by atoms with van der Waals surface area (Å²) in [5.74, 6) is -6.75. The Morgan fingerprint density at radius 3 is 2.04 bits per heavy atom. The minimum atomic E-state index is -6.75. The summed E-state index contributed by atoms with van der Waals surface area (Å²) in [6.45, 7) is 1.57. The van der Waals surface area contributed by atoms with E-state index in [2.05, 4.69) is 31.9 Å². The van der Waals surface area contributed by atoms with Gasteiger partial charge in [-0.15, -0.1) is 0 Å². The van der Waals surface area contributed by atoms with Gasteiger partial charge in [-0.3, -0.25) is 0 Å². The minimum Gasteiger partial charge on any atom is -0.217 e. The zero-order valence-electron chi connectivity index (χ0n) is 11.4. The molecule has 0 spiro atoms. The highest BCUT2D eigenvalue weighted by atomic mass is 127. The van der Waals surface area contributed by atoms with E-state index in [0.717, 1.165) is 0 Å². The zero-order valence-corrected chi connectivity index (χ0v) is 17.6. The molecule has 0 radical (unpaired) electrons. The molecule has 2 unspecified atom stereocenters. The van der Waals surface area contributed by atoms with E-state index in [4.69, 9.17) is 0 Å². The van der Waals surface area contributed by atoms with Gasteiger partial charge in [-0.05, 0) is 23.1 Å². The summed E-state index contributed by atoms with van der Waals surface area (Å²) >= 11 is 7.83. The fourth-order valence-corrected chi connectivity index (χ4v) is 5.44. The minimum absolute atomic E-state index is 0.0510. The molecule has 2 atom stereocenters. The average Bonchev–Trinajstić information content (AvgIpc) is 2.35. The van der Waals surface area contributed by atoms with Crippen LogP contribution in [0.2, 0.25) is 0 Å². The van der Waals surface area contributed by atoms with Crippen LogP contribution in [0.5, 0.6) is 0 Å². The summed E-state index contributed by atoms with van der Waals surface area (Å²) < 4.78 is 112. The first-order valence-corrected chi connectivity index (χ1v) is 10.2. The van der Waals surface area contributed by atoms with E-state index in [-0.39, 0.29) is 10.9 Å². The van der Waals surface area contributed by atoms with Crippen molar-refractivity contribution in [2.24, 2.45) is 0 Å². The lowest BCUT2D eigenvalue weighted by Gasteiger charge is -2.33. The van der Waals surface area contributed by atoms with Crippen molar-refractivity contribution < 1.29 is 39.2 Å². The second-order valence-corrected chi connectivity index (χ2v) is 11.3. The quantitative estimate of drug-likeness (QED) is 0.228. The van der Waals surface area contributed by atoms with E-state index in [0.29, 0.717) is 12.2 Å². The first-order chi connectivity index (χ1) is 10.4. The lowest BCUT2D eigenvalue weighted by molar-refractivity contribution is -0.331. The normalized spacial score (nSPS) is 25.1. The van der Waals surface area contributed by atoms with E-state index in [1.54, 1.807) is 6.92 Å². The highest BCUT2D eigenvalue weighted by Gasteiger charge is 2.79. The maximum absolute atomic E-state index is 13.7. The smallest absolute Gasteiger partial charge is 0.217 e. The molecule has 0 aromatic heterocycles. The molecule has 0 aliphatic heterocycles. The molecule has 1 aliphatic carbocycles. The maximum Gasteiger partial charge on any atom is 0.461 e. The molecular weight excluding hydrogens is 616 g/mol. The molecule has 0 aromatic rings. The molecule has 1 aliphatic rings. The van der Waals surface area contributed by atoms with Gasteiger partial charge < -0.3 is 0 Å². The van der Waals surface area contributed by atoms with Crippen LogP contribution < -0.4 is 0 Å². The highest BCUT2D eigenvalue weighted by molar-refractivity contribution is 14.1. The average molecular weight is 624 g/mol. The molecule has 0 saturated carbocycles. The van der Waals surface area contributed by atoms with Gasteiger partial charge in [-0.2, -0.15) is 30.7 Å². The molecule has 140 valence electrons. The number of rotatable bonds is 4. The van der Waals surface area contributed by atoms with Gasteiger partial charge in [0.2, 0.25) is 9.84 Å². The molecule has 0 bridgehead atoms. The molecule has 0 N–H and O–H groups in total. The standard InChI is InChI=1S/C11H8Br2F7IO2S/c1-5(21)8(13)3-6(12)2-7(4-8)24(22,23)11(19,20)9(14,15)10(16,17)18/h2,4-5H,3H2,1H3. The van der Waals surface area contributed by atoms with Gasteiger partial charge in [-0.25, -0.2) is 8.42 Å². The predicted molar refractivity (Wildman–Crippen MR) is 89.7 cm³/mol. The Morgan fingerprint density at radius 2 is 1.67 bits per heavy atom. The van der Waals surface area contributed by atoms with E-state index in [1.807, 2.05) is 22.6 Å². The fraction of sp³-hybridized carbons (Fsp3) is 0.636. The second kappa shape index (κ2) is 6.66. The van der Waals surface area contributed by atoms with Gasteiger partial charge >= 0.3 is 17.4 Å². The van der Waals surface area contributed by atoms with Crippen LogP contribution in [0.15, 0.2) is 21.5 Å². The van der Waals surface area contributed by atoms with Crippen molar-refractivity contribution in [3.8, 4) is 0 Å². The summed E-state index contributed by atoms with van der Waals surface area (Å²) in [6, 6.07) is 0. The number of hydrogen-bond acceptors (Lipinski definition) is 2. The van der Waals surface area contributed by atoms with Crippen molar-refractivity contribution in [2.75, 3.05) is 0 Å². The zero-order chi connectivity index (χ0) is 19.4. The summed E-state index contributed by atoms with van der Waals surface area (Å²) in [4.78, 5) is -1.32. The van der Waals surface area contributed by atoms with Gasteiger partial charge in [0, 0.05) is 3.92 Å². The molecule has 0 fully saturated rings. The Kier molecular flexibility index (Phi) is 6.29. The van der Waals surface area contributed by atoms with Crippen LogP contribution in [0.25, 0.3) is 0 Å². The Balaban J connectivity index is 3.57. The second-order valence-electron chi connectivity index (χ2n) is 4.95. The number of allylic oxidation sites excluding steroid dienone is 3. The maximum atomic E-state index is 13.7.